The molecule has 0 saturated heterocycles. The van der Waals surface area contributed by atoms with E-state index in [0.29, 0.717) is 12.4 Å². The summed E-state index contributed by atoms with van der Waals surface area (Å²) in [5, 5.41) is 3.37. The van der Waals surface area contributed by atoms with E-state index in [2.05, 4.69) is 45.3 Å². The van der Waals surface area contributed by atoms with Gasteiger partial charge in [0.15, 0.2) is 0 Å². The third-order valence-corrected chi connectivity index (χ3v) is 4.50. The molecule has 1 aromatic heterocycles. The molecular formula is C24H30FN5. The molecular weight excluding hydrogens is 377 g/mol. The Bertz CT molecular complexity index is 942. The van der Waals surface area contributed by atoms with Gasteiger partial charge in [-0.2, -0.15) is 0 Å². The first-order valence-corrected chi connectivity index (χ1v) is 9.98. The van der Waals surface area contributed by atoms with Gasteiger partial charge < -0.3 is 10.2 Å². The van der Waals surface area contributed by atoms with Gasteiger partial charge in [0, 0.05) is 40.8 Å². The Balaban J connectivity index is 2.28. The summed E-state index contributed by atoms with van der Waals surface area (Å²) in [6.07, 6.45) is 3.27. The Labute approximate surface area is 178 Å². The first kappa shape index (κ1) is 23.0. The van der Waals surface area contributed by atoms with Crippen molar-refractivity contribution in [1.82, 2.24) is 14.9 Å². The fourth-order valence-corrected chi connectivity index (χ4v) is 3.06. The van der Waals surface area contributed by atoms with Crippen LogP contribution in [0.15, 0.2) is 66.6 Å². The third-order valence-electron chi connectivity index (χ3n) is 4.50. The Morgan fingerprint density at radius 1 is 1.23 bits per heavy atom. The van der Waals surface area contributed by atoms with E-state index in [1.165, 1.54) is 6.20 Å². The average Bonchev–Trinajstić information content (AvgIpc) is 2.73. The zero-order valence-electron chi connectivity index (χ0n) is 18.2. The number of aliphatic imine (C=N–C) groups is 1. The normalized spacial score (nSPS) is 11.9. The number of allylic oxidation sites excluding steroid dienone is 2. The maximum absolute atomic E-state index is 13.4. The summed E-state index contributed by atoms with van der Waals surface area (Å²) in [7, 11) is 0. The van der Waals surface area contributed by atoms with Gasteiger partial charge in [0.05, 0.1) is 12.9 Å². The fraction of sp³-hybridized carbons (Fsp3) is 0.292. The summed E-state index contributed by atoms with van der Waals surface area (Å²) >= 11 is 0. The highest BCUT2D eigenvalue weighted by atomic mass is 19.1. The smallest absolute Gasteiger partial charge is 0.140 e. The van der Waals surface area contributed by atoms with Crippen molar-refractivity contribution in [3.05, 3.63) is 84.2 Å². The van der Waals surface area contributed by atoms with Crippen molar-refractivity contribution in [2.75, 3.05) is 18.5 Å². The molecule has 0 radical (unpaired) electrons. The van der Waals surface area contributed by atoms with Crippen molar-refractivity contribution >= 4 is 17.2 Å². The Morgan fingerprint density at radius 2 is 1.93 bits per heavy atom. The maximum atomic E-state index is 13.4. The van der Waals surface area contributed by atoms with E-state index in [1.807, 2.05) is 51.1 Å². The second kappa shape index (κ2) is 11.0. The molecule has 0 spiro atoms. The summed E-state index contributed by atoms with van der Waals surface area (Å²) < 4.78 is 13.4. The number of rotatable bonds is 10. The Morgan fingerprint density at radius 3 is 2.57 bits per heavy atom. The monoisotopic (exact) mass is 407 g/mol. The minimum atomic E-state index is -0.474. The maximum Gasteiger partial charge on any atom is 0.140 e. The van der Waals surface area contributed by atoms with E-state index in [9.17, 15) is 4.39 Å². The number of hydrogen-bond donors (Lipinski definition) is 1. The van der Waals surface area contributed by atoms with Crippen LogP contribution in [0.4, 0.5) is 10.2 Å². The largest absolute Gasteiger partial charge is 0.354 e. The lowest BCUT2D eigenvalue weighted by Gasteiger charge is -2.28. The number of nitrogens with one attached hydrogen (secondary N) is 1. The molecule has 1 N–H and O–H groups in total. The van der Waals surface area contributed by atoms with Crippen molar-refractivity contribution in [1.29, 1.82) is 0 Å². The van der Waals surface area contributed by atoms with E-state index >= 15 is 0 Å². The molecule has 0 unspecified atom stereocenters. The fourth-order valence-electron chi connectivity index (χ4n) is 3.06. The lowest BCUT2D eigenvalue weighted by atomic mass is 10.0. The molecule has 0 aliphatic carbocycles. The molecule has 6 heteroatoms. The van der Waals surface area contributed by atoms with Gasteiger partial charge >= 0.3 is 0 Å². The summed E-state index contributed by atoms with van der Waals surface area (Å²) in [5.41, 5.74) is 4.35. The van der Waals surface area contributed by atoms with Gasteiger partial charge in [-0.15, -0.1) is 0 Å². The average molecular weight is 408 g/mol. The number of halogens is 1. The standard InChI is InChI=1S/C24H30FN5/c1-7-13-30(16-27-24-14-17(3)28-20(6)29-24)19(5)23-12-10-9-11-22(23)18(4)26-15-21(25)8-2/h8-12,14-15H,2,5,7,13,16H2,1,3-4,6H3,(H,27,28,29)/b21-15+,26-18?. The number of aryl methyl sites for hydroxylation is 2. The SMILES string of the molecule is C=C/C(F)=C\N=C(C)c1ccccc1C(=C)N(CCC)CNc1cc(C)nc(C)n1. The van der Waals surface area contributed by atoms with Gasteiger partial charge in [-0.3, -0.25) is 4.99 Å². The highest BCUT2D eigenvalue weighted by Crippen LogP contribution is 2.23. The van der Waals surface area contributed by atoms with Gasteiger partial charge in [0.2, 0.25) is 0 Å². The van der Waals surface area contributed by atoms with E-state index in [0.717, 1.165) is 53.2 Å². The predicted octanol–water partition coefficient (Wildman–Crippen LogP) is 5.65. The number of anilines is 1. The second-order valence-electron chi connectivity index (χ2n) is 6.97. The summed E-state index contributed by atoms with van der Waals surface area (Å²) in [6, 6.07) is 9.80. The quantitative estimate of drug-likeness (QED) is 0.314. The molecule has 30 heavy (non-hydrogen) atoms. The Hall–Kier alpha value is -3.28. The topological polar surface area (TPSA) is 53.4 Å². The van der Waals surface area contributed by atoms with Crippen LogP contribution in [0.25, 0.3) is 5.70 Å². The molecule has 1 aromatic carbocycles. The lowest BCUT2D eigenvalue weighted by Crippen LogP contribution is -2.29. The number of benzene rings is 1. The molecule has 0 fully saturated rings. The van der Waals surface area contributed by atoms with Gasteiger partial charge in [0.1, 0.15) is 17.5 Å². The number of aromatic nitrogens is 2. The molecule has 5 nitrogen and oxygen atoms in total. The van der Waals surface area contributed by atoms with Crippen LogP contribution in [0.2, 0.25) is 0 Å². The van der Waals surface area contributed by atoms with Crippen LogP contribution < -0.4 is 5.32 Å². The van der Waals surface area contributed by atoms with Crippen LogP contribution >= 0.6 is 0 Å². The zero-order valence-corrected chi connectivity index (χ0v) is 18.2. The van der Waals surface area contributed by atoms with Crippen LogP contribution in [0.3, 0.4) is 0 Å². The molecule has 0 amide bonds. The molecule has 2 aromatic rings. The summed E-state index contributed by atoms with van der Waals surface area (Å²) in [5.74, 6) is 1.04. The van der Waals surface area contributed by atoms with Gasteiger partial charge in [0.25, 0.3) is 0 Å². The summed E-state index contributed by atoms with van der Waals surface area (Å²) in [6.45, 7) is 16.9. The lowest BCUT2D eigenvalue weighted by molar-refractivity contribution is 0.423. The van der Waals surface area contributed by atoms with Crippen molar-refractivity contribution in [2.45, 2.75) is 34.1 Å². The van der Waals surface area contributed by atoms with Gasteiger partial charge in [-0.25, -0.2) is 14.4 Å². The van der Waals surface area contributed by atoms with Crippen LogP contribution in [0.5, 0.6) is 0 Å². The van der Waals surface area contributed by atoms with Crippen molar-refractivity contribution in [2.24, 2.45) is 4.99 Å². The highest BCUT2D eigenvalue weighted by Gasteiger charge is 2.14. The molecule has 1 heterocycles. The molecule has 0 aliphatic heterocycles. The van der Waals surface area contributed by atoms with Crippen molar-refractivity contribution in [3.8, 4) is 0 Å². The third kappa shape index (κ3) is 6.37. The molecule has 2 rings (SSSR count). The van der Waals surface area contributed by atoms with Crippen LogP contribution in [0, 0.1) is 13.8 Å². The zero-order chi connectivity index (χ0) is 22.1. The van der Waals surface area contributed by atoms with E-state index in [1.54, 1.807) is 0 Å². The van der Waals surface area contributed by atoms with E-state index in [-0.39, 0.29) is 0 Å². The summed E-state index contributed by atoms with van der Waals surface area (Å²) in [4.78, 5) is 15.2. The predicted molar refractivity (Wildman–Crippen MR) is 124 cm³/mol. The highest BCUT2D eigenvalue weighted by molar-refractivity contribution is 6.03. The number of hydrogen-bond acceptors (Lipinski definition) is 5. The minimum Gasteiger partial charge on any atom is -0.354 e. The Kier molecular flexibility index (Phi) is 8.47. The molecule has 0 saturated carbocycles. The molecule has 158 valence electrons. The van der Waals surface area contributed by atoms with Gasteiger partial charge in [-0.1, -0.05) is 44.3 Å². The second-order valence-corrected chi connectivity index (χ2v) is 6.97. The van der Waals surface area contributed by atoms with Crippen LogP contribution in [-0.2, 0) is 0 Å². The first-order valence-electron chi connectivity index (χ1n) is 9.98. The molecule has 0 atom stereocenters. The number of nitrogens with zero attached hydrogens (tertiary/aromatic N) is 4. The van der Waals surface area contributed by atoms with E-state index < -0.39 is 5.83 Å². The van der Waals surface area contributed by atoms with Gasteiger partial charge in [-0.05, 0) is 33.3 Å². The van der Waals surface area contributed by atoms with E-state index in [4.69, 9.17) is 0 Å². The van der Waals surface area contributed by atoms with Crippen molar-refractivity contribution < 1.29 is 4.39 Å². The first-order chi connectivity index (χ1) is 14.3. The molecule has 0 aliphatic rings. The molecule has 0 bridgehead atoms. The van der Waals surface area contributed by atoms with Crippen molar-refractivity contribution in [3.63, 3.8) is 0 Å². The minimum absolute atomic E-state index is 0.474. The van der Waals surface area contributed by atoms with Crippen LogP contribution in [-0.4, -0.2) is 33.8 Å². The van der Waals surface area contributed by atoms with Crippen LogP contribution in [0.1, 0.15) is 42.9 Å².